The molecule has 0 heterocycles. The fourth-order valence-electron chi connectivity index (χ4n) is 1.91. The summed E-state index contributed by atoms with van der Waals surface area (Å²) in [5, 5.41) is 19.6. The van der Waals surface area contributed by atoms with Crippen LogP contribution in [0.4, 0.5) is 5.69 Å². The van der Waals surface area contributed by atoms with Crippen LogP contribution < -0.4 is 4.74 Å². The van der Waals surface area contributed by atoms with E-state index in [-0.39, 0.29) is 5.69 Å². The molecule has 0 spiro atoms. The van der Waals surface area contributed by atoms with E-state index < -0.39 is 4.92 Å². The van der Waals surface area contributed by atoms with Gasteiger partial charge in [0.2, 0.25) is 0 Å². The van der Waals surface area contributed by atoms with Crippen LogP contribution >= 0.6 is 0 Å². The Bertz CT molecular complexity index is 513. The molecule has 1 aromatic rings. The summed E-state index contributed by atoms with van der Waals surface area (Å²) in [5.41, 5.74) is 0.770. The Morgan fingerprint density at radius 1 is 1.33 bits per heavy atom. The summed E-state index contributed by atoms with van der Waals surface area (Å²) < 4.78 is 10.1. The molecular formula is C14H19N3O4. The van der Waals surface area contributed by atoms with Crippen molar-refractivity contribution in [1.82, 2.24) is 4.90 Å². The number of benzene rings is 1. The van der Waals surface area contributed by atoms with Crippen LogP contribution in [-0.4, -0.2) is 43.7 Å². The summed E-state index contributed by atoms with van der Waals surface area (Å²) in [6.07, 6.45) is 0.399. The molecule has 1 rings (SSSR count). The second kappa shape index (κ2) is 8.89. The average molecular weight is 293 g/mol. The minimum atomic E-state index is -0.444. The molecule has 0 unspecified atom stereocenters. The van der Waals surface area contributed by atoms with E-state index in [9.17, 15) is 10.1 Å². The second-order valence-electron chi connectivity index (χ2n) is 4.47. The monoisotopic (exact) mass is 293 g/mol. The Morgan fingerprint density at radius 3 is 2.67 bits per heavy atom. The smallest absolute Gasteiger partial charge is 0.273 e. The maximum atomic E-state index is 10.9. The third kappa shape index (κ3) is 5.77. The lowest BCUT2D eigenvalue weighted by molar-refractivity contribution is -0.385. The molecule has 0 saturated heterocycles. The molecule has 0 amide bonds. The Hall–Kier alpha value is -2.17. The quantitative estimate of drug-likeness (QED) is 0.511. The van der Waals surface area contributed by atoms with Gasteiger partial charge in [0.25, 0.3) is 5.69 Å². The van der Waals surface area contributed by atoms with Gasteiger partial charge in [-0.2, -0.15) is 5.26 Å². The lowest BCUT2D eigenvalue weighted by Crippen LogP contribution is -2.28. The number of non-ortho nitro benzene ring substituents is 1. The molecule has 0 aliphatic carbocycles. The van der Waals surface area contributed by atoms with Crippen LogP contribution in [0.1, 0.15) is 12.0 Å². The van der Waals surface area contributed by atoms with Crippen LogP contribution in [0.15, 0.2) is 18.2 Å². The van der Waals surface area contributed by atoms with E-state index in [1.807, 2.05) is 4.90 Å². The van der Waals surface area contributed by atoms with Gasteiger partial charge in [-0.05, 0) is 11.6 Å². The highest BCUT2D eigenvalue weighted by molar-refractivity contribution is 5.42. The van der Waals surface area contributed by atoms with Gasteiger partial charge in [0.1, 0.15) is 5.75 Å². The summed E-state index contributed by atoms with van der Waals surface area (Å²) in [6.45, 7) is 2.29. The molecule has 0 bridgehead atoms. The topological polar surface area (TPSA) is 88.6 Å². The summed E-state index contributed by atoms with van der Waals surface area (Å²) in [4.78, 5) is 12.5. The number of hydrogen-bond acceptors (Lipinski definition) is 6. The molecule has 0 aliphatic heterocycles. The Labute approximate surface area is 123 Å². The van der Waals surface area contributed by atoms with Gasteiger partial charge in [-0.25, -0.2) is 0 Å². The molecule has 0 saturated carbocycles. The zero-order valence-corrected chi connectivity index (χ0v) is 12.2. The van der Waals surface area contributed by atoms with Gasteiger partial charge < -0.3 is 9.47 Å². The summed E-state index contributed by atoms with van der Waals surface area (Å²) in [6, 6.07) is 6.77. The van der Waals surface area contributed by atoms with Crippen LogP contribution in [0.25, 0.3) is 0 Å². The van der Waals surface area contributed by atoms with Crippen LogP contribution in [-0.2, 0) is 11.3 Å². The van der Waals surface area contributed by atoms with Crippen molar-refractivity contribution in [2.45, 2.75) is 13.0 Å². The molecular weight excluding hydrogens is 274 g/mol. The van der Waals surface area contributed by atoms with E-state index in [0.29, 0.717) is 38.4 Å². The highest BCUT2D eigenvalue weighted by Gasteiger charge is 2.13. The number of ether oxygens (including phenoxy) is 2. The van der Waals surface area contributed by atoms with Crippen molar-refractivity contribution in [2.24, 2.45) is 0 Å². The highest BCUT2D eigenvalue weighted by Crippen LogP contribution is 2.23. The van der Waals surface area contributed by atoms with E-state index in [0.717, 1.165) is 5.56 Å². The van der Waals surface area contributed by atoms with Crippen molar-refractivity contribution < 1.29 is 14.4 Å². The fraction of sp³-hybridized carbons (Fsp3) is 0.500. The second-order valence-corrected chi connectivity index (χ2v) is 4.47. The number of methoxy groups -OCH3 is 2. The minimum Gasteiger partial charge on any atom is -0.496 e. The van der Waals surface area contributed by atoms with Gasteiger partial charge in [0.15, 0.2) is 0 Å². The van der Waals surface area contributed by atoms with Crippen LogP contribution in [0.5, 0.6) is 5.75 Å². The number of hydrogen-bond donors (Lipinski definition) is 0. The zero-order chi connectivity index (χ0) is 15.7. The fourth-order valence-corrected chi connectivity index (χ4v) is 1.91. The molecule has 114 valence electrons. The first-order chi connectivity index (χ1) is 10.1. The number of nitriles is 1. The van der Waals surface area contributed by atoms with E-state index in [1.54, 1.807) is 13.2 Å². The third-order valence-electron chi connectivity index (χ3n) is 2.96. The summed E-state index contributed by atoms with van der Waals surface area (Å²) in [5.74, 6) is 0.450. The molecule has 7 nitrogen and oxygen atoms in total. The normalized spacial score (nSPS) is 10.4. The molecule has 0 aliphatic rings. The summed E-state index contributed by atoms with van der Waals surface area (Å²) >= 11 is 0. The van der Waals surface area contributed by atoms with Gasteiger partial charge in [-0.1, -0.05) is 0 Å². The van der Waals surface area contributed by atoms with Crippen molar-refractivity contribution in [1.29, 1.82) is 5.26 Å². The Morgan fingerprint density at radius 2 is 2.10 bits per heavy atom. The Kier molecular flexibility index (Phi) is 7.15. The summed E-state index contributed by atoms with van der Waals surface area (Å²) in [7, 11) is 3.08. The standard InChI is InChI=1S/C14H19N3O4/c1-20-7-6-16(5-3-4-15)11-12-8-13(17(18)19)10-14(9-12)21-2/h8-10H,3,5-7,11H2,1-2H3. The van der Waals surface area contributed by atoms with Gasteiger partial charge in [0, 0.05) is 39.2 Å². The predicted octanol–water partition coefficient (Wildman–Crippen LogP) is 1.97. The molecule has 1 aromatic carbocycles. The highest BCUT2D eigenvalue weighted by atomic mass is 16.6. The van der Waals surface area contributed by atoms with Gasteiger partial charge >= 0.3 is 0 Å². The van der Waals surface area contributed by atoms with Crippen molar-refractivity contribution in [3.8, 4) is 11.8 Å². The first-order valence-electron chi connectivity index (χ1n) is 6.51. The maximum Gasteiger partial charge on any atom is 0.273 e. The lowest BCUT2D eigenvalue weighted by Gasteiger charge is -2.21. The van der Waals surface area contributed by atoms with Crippen molar-refractivity contribution >= 4 is 5.69 Å². The maximum absolute atomic E-state index is 10.9. The van der Waals surface area contributed by atoms with E-state index >= 15 is 0 Å². The number of nitro groups is 1. The van der Waals surface area contributed by atoms with Gasteiger partial charge in [0.05, 0.1) is 30.8 Å². The van der Waals surface area contributed by atoms with E-state index in [2.05, 4.69) is 6.07 Å². The molecule has 0 aromatic heterocycles. The molecule has 0 N–H and O–H groups in total. The van der Waals surface area contributed by atoms with Crippen LogP contribution in [0, 0.1) is 21.4 Å². The minimum absolute atomic E-state index is 0.00340. The lowest BCUT2D eigenvalue weighted by atomic mass is 10.1. The number of nitrogens with zero attached hydrogens (tertiary/aromatic N) is 3. The van der Waals surface area contributed by atoms with E-state index in [1.165, 1.54) is 19.2 Å². The predicted molar refractivity (Wildman–Crippen MR) is 77.0 cm³/mol. The molecule has 0 radical (unpaired) electrons. The Balaban J connectivity index is 2.88. The first kappa shape index (κ1) is 16.9. The third-order valence-corrected chi connectivity index (χ3v) is 2.96. The van der Waals surface area contributed by atoms with Gasteiger partial charge in [-0.3, -0.25) is 15.0 Å². The molecule has 0 atom stereocenters. The van der Waals surface area contributed by atoms with Crippen molar-refractivity contribution in [3.63, 3.8) is 0 Å². The molecule has 7 heteroatoms. The average Bonchev–Trinajstić information content (AvgIpc) is 2.49. The number of nitro benzene ring substituents is 1. The van der Waals surface area contributed by atoms with Crippen molar-refractivity contribution in [2.75, 3.05) is 33.9 Å². The zero-order valence-electron chi connectivity index (χ0n) is 12.2. The first-order valence-corrected chi connectivity index (χ1v) is 6.51. The largest absolute Gasteiger partial charge is 0.496 e. The van der Waals surface area contributed by atoms with Crippen LogP contribution in [0.2, 0.25) is 0 Å². The van der Waals surface area contributed by atoms with Crippen LogP contribution in [0.3, 0.4) is 0 Å². The number of rotatable bonds is 9. The van der Waals surface area contributed by atoms with E-state index in [4.69, 9.17) is 14.7 Å². The van der Waals surface area contributed by atoms with Crippen molar-refractivity contribution in [3.05, 3.63) is 33.9 Å². The molecule has 0 fully saturated rings. The molecule has 21 heavy (non-hydrogen) atoms. The SMILES string of the molecule is COCCN(CCC#N)Cc1cc(OC)cc([N+](=O)[O-])c1. The van der Waals surface area contributed by atoms with Gasteiger partial charge in [-0.15, -0.1) is 0 Å².